The van der Waals surface area contributed by atoms with Crippen molar-refractivity contribution < 1.29 is 0 Å². The number of hydrogen-bond donors (Lipinski definition) is 2. The Morgan fingerprint density at radius 2 is 1.75 bits per heavy atom. The van der Waals surface area contributed by atoms with E-state index >= 15 is 0 Å². The molecule has 0 unspecified atom stereocenters. The fourth-order valence-corrected chi connectivity index (χ4v) is 0.976. The van der Waals surface area contributed by atoms with E-state index in [4.69, 9.17) is 5.84 Å². The molecule has 0 aliphatic rings. The third-order valence-electron chi connectivity index (χ3n) is 1.54. The average molecular weight is 166 g/mol. The number of hydrazine groups is 1. The second-order valence-corrected chi connectivity index (χ2v) is 2.46. The van der Waals surface area contributed by atoms with Gasteiger partial charge in [-0.1, -0.05) is 31.5 Å². The molecule has 0 aliphatic carbocycles. The lowest BCUT2D eigenvalue weighted by Gasteiger charge is -2.03. The van der Waals surface area contributed by atoms with Crippen molar-refractivity contribution in [2.45, 2.75) is 27.7 Å². The van der Waals surface area contributed by atoms with Crippen molar-refractivity contribution in [3.8, 4) is 0 Å². The Morgan fingerprint density at radius 3 is 2.17 bits per heavy atom. The number of rotatable bonds is 1. The Bertz CT molecular complexity index is 231. The molecule has 0 spiro atoms. The maximum atomic E-state index is 5.25. The third kappa shape index (κ3) is 2.93. The molecule has 0 aliphatic heterocycles. The van der Waals surface area contributed by atoms with Crippen LogP contribution in [0.25, 0.3) is 0 Å². The van der Waals surface area contributed by atoms with Crippen molar-refractivity contribution in [1.82, 2.24) is 0 Å². The van der Waals surface area contributed by atoms with Gasteiger partial charge in [-0.2, -0.15) is 0 Å². The molecule has 1 aromatic rings. The van der Waals surface area contributed by atoms with Gasteiger partial charge in [0.05, 0.1) is 5.69 Å². The van der Waals surface area contributed by atoms with E-state index in [1.165, 1.54) is 11.1 Å². The molecule has 12 heavy (non-hydrogen) atoms. The quantitative estimate of drug-likeness (QED) is 0.497. The van der Waals surface area contributed by atoms with Gasteiger partial charge < -0.3 is 5.43 Å². The summed E-state index contributed by atoms with van der Waals surface area (Å²) >= 11 is 0. The Hall–Kier alpha value is -1.02. The van der Waals surface area contributed by atoms with Gasteiger partial charge in [0, 0.05) is 0 Å². The van der Waals surface area contributed by atoms with Gasteiger partial charge in [0.25, 0.3) is 0 Å². The summed E-state index contributed by atoms with van der Waals surface area (Å²) in [7, 11) is 0. The molecule has 2 nitrogen and oxygen atoms in total. The fraction of sp³-hybridized carbons (Fsp3) is 0.400. The molecule has 2 heteroatoms. The van der Waals surface area contributed by atoms with Crippen molar-refractivity contribution in [2.75, 3.05) is 5.43 Å². The highest BCUT2D eigenvalue weighted by Gasteiger charge is 1.93. The van der Waals surface area contributed by atoms with Crippen LogP contribution in [0.3, 0.4) is 0 Å². The molecular formula is C10H18N2. The summed E-state index contributed by atoms with van der Waals surface area (Å²) in [5.41, 5.74) is 6.06. The molecule has 0 aromatic heterocycles. The van der Waals surface area contributed by atoms with E-state index in [0.717, 1.165) is 5.69 Å². The average Bonchev–Trinajstić information content (AvgIpc) is 2.08. The first-order valence-corrected chi connectivity index (χ1v) is 4.28. The molecule has 0 amide bonds. The van der Waals surface area contributed by atoms with E-state index in [2.05, 4.69) is 18.4 Å². The first-order chi connectivity index (χ1) is 5.74. The van der Waals surface area contributed by atoms with Crippen LogP contribution >= 0.6 is 0 Å². The van der Waals surface area contributed by atoms with Gasteiger partial charge in [-0.05, 0) is 25.5 Å². The summed E-state index contributed by atoms with van der Waals surface area (Å²) in [6, 6.07) is 6.10. The molecule has 0 fully saturated rings. The Morgan fingerprint density at radius 1 is 1.17 bits per heavy atom. The molecule has 3 N–H and O–H groups in total. The molecule has 1 aromatic carbocycles. The van der Waals surface area contributed by atoms with Crippen LogP contribution < -0.4 is 11.3 Å². The normalized spacial score (nSPS) is 8.42. The summed E-state index contributed by atoms with van der Waals surface area (Å²) in [5.74, 6) is 5.25. The van der Waals surface area contributed by atoms with E-state index in [0.29, 0.717) is 0 Å². The third-order valence-corrected chi connectivity index (χ3v) is 1.54. The predicted molar refractivity (Wildman–Crippen MR) is 55.1 cm³/mol. The second kappa shape index (κ2) is 5.61. The minimum Gasteiger partial charge on any atom is -0.324 e. The number of benzene rings is 1. The topological polar surface area (TPSA) is 38.0 Å². The Kier molecular flexibility index (Phi) is 5.13. The Balaban J connectivity index is 0.000000561. The molecule has 0 saturated heterocycles. The number of anilines is 1. The van der Waals surface area contributed by atoms with E-state index < -0.39 is 0 Å². The molecule has 0 atom stereocenters. The van der Waals surface area contributed by atoms with Crippen LogP contribution in [0.2, 0.25) is 0 Å². The van der Waals surface area contributed by atoms with E-state index in [1.54, 1.807) is 0 Å². The minimum absolute atomic E-state index is 0.991. The van der Waals surface area contributed by atoms with Crippen molar-refractivity contribution in [3.63, 3.8) is 0 Å². The molecule has 0 heterocycles. The summed E-state index contributed by atoms with van der Waals surface area (Å²) in [4.78, 5) is 0. The summed E-state index contributed by atoms with van der Waals surface area (Å²) < 4.78 is 0. The lowest BCUT2D eigenvalue weighted by atomic mass is 10.1. The zero-order chi connectivity index (χ0) is 9.56. The van der Waals surface area contributed by atoms with Crippen molar-refractivity contribution in [1.29, 1.82) is 0 Å². The van der Waals surface area contributed by atoms with Crippen molar-refractivity contribution in [3.05, 3.63) is 29.3 Å². The summed E-state index contributed by atoms with van der Waals surface area (Å²) in [6.07, 6.45) is 0. The summed E-state index contributed by atoms with van der Waals surface area (Å²) in [5, 5.41) is 0. The minimum atomic E-state index is 0.991. The van der Waals surface area contributed by atoms with Crippen molar-refractivity contribution >= 4 is 5.69 Å². The van der Waals surface area contributed by atoms with Gasteiger partial charge in [0.15, 0.2) is 0 Å². The number of nitrogens with one attached hydrogen (secondary N) is 1. The Labute approximate surface area is 74.8 Å². The number of nitrogens with two attached hydrogens (primary N) is 1. The van der Waals surface area contributed by atoms with Crippen LogP contribution in [-0.4, -0.2) is 0 Å². The van der Waals surface area contributed by atoms with Gasteiger partial charge in [0.2, 0.25) is 0 Å². The van der Waals surface area contributed by atoms with Crippen LogP contribution in [0.4, 0.5) is 5.69 Å². The molecule has 0 radical (unpaired) electrons. The predicted octanol–water partition coefficient (Wildman–Crippen LogP) is 2.62. The highest BCUT2D eigenvalue weighted by molar-refractivity contribution is 5.50. The highest BCUT2D eigenvalue weighted by Crippen LogP contribution is 2.13. The molecule has 68 valence electrons. The first-order valence-electron chi connectivity index (χ1n) is 4.28. The molecular weight excluding hydrogens is 148 g/mol. The first kappa shape index (κ1) is 11.0. The number of aryl methyl sites for hydroxylation is 2. The standard InChI is InChI=1S/C8H12N2.C2H6/c1-6-3-4-8(10-9)7(2)5-6;1-2/h3-5,10H,9H2,1-2H3;1-2H3. The lowest BCUT2D eigenvalue weighted by Crippen LogP contribution is -2.07. The summed E-state index contributed by atoms with van der Waals surface area (Å²) in [6.45, 7) is 8.09. The van der Waals surface area contributed by atoms with Crippen LogP contribution in [0.5, 0.6) is 0 Å². The molecule has 0 saturated carbocycles. The van der Waals surface area contributed by atoms with Crippen LogP contribution in [-0.2, 0) is 0 Å². The zero-order valence-corrected chi connectivity index (χ0v) is 8.31. The van der Waals surface area contributed by atoms with Gasteiger partial charge in [-0.25, -0.2) is 0 Å². The fourth-order valence-electron chi connectivity index (χ4n) is 0.976. The van der Waals surface area contributed by atoms with Crippen LogP contribution in [0.1, 0.15) is 25.0 Å². The van der Waals surface area contributed by atoms with Gasteiger partial charge in [-0.15, -0.1) is 0 Å². The van der Waals surface area contributed by atoms with Gasteiger partial charge in [-0.3, -0.25) is 5.84 Å². The monoisotopic (exact) mass is 166 g/mol. The molecule has 1 rings (SSSR count). The largest absolute Gasteiger partial charge is 0.324 e. The highest BCUT2D eigenvalue weighted by atomic mass is 15.2. The van der Waals surface area contributed by atoms with Crippen LogP contribution in [0.15, 0.2) is 18.2 Å². The maximum absolute atomic E-state index is 5.25. The number of hydrogen-bond acceptors (Lipinski definition) is 2. The lowest BCUT2D eigenvalue weighted by molar-refractivity contribution is 1.29. The smallest absolute Gasteiger partial charge is 0.0514 e. The maximum Gasteiger partial charge on any atom is 0.0514 e. The number of nitrogen functional groups attached to an aromatic ring is 1. The second-order valence-electron chi connectivity index (χ2n) is 2.46. The van der Waals surface area contributed by atoms with Gasteiger partial charge in [0.1, 0.15) is 0 Å². The van der Waals surface area contributed by atoms with Gasteiger partial charge >= 0.3 is 0 Å². The molecule has 0 bridgehead atoms. The van der Waals surface area contributed by atoms with E-state index in [9.17, 15) is 0 Å². The zero-order valence-electron chi connectivity index (χ0n) is 8.31. The van der Waals surface area contributed by atoms with E-state index in [-0.39, 0.29) is 0 Å². The van der Waals surface area contributed by atoms with Crippen molar-refractivity contribution in [2.24, 2.45) is 5.84 Å². The SMILES string of the molecule is CC.Cc1ccc(NN)c(C)c1. The van der Waals surface area contributed by atoms with E-state index in [1.807, 2.05) is 32.9 Å². The van der Waals surface area contributed by atoms with Crippen LogP contribution in [0, 0.1) is 13.8 Å².